The number of amides is 1. The van der Waals surface area contributed by atoms with Gasteiger partial charge in [-0.2, -0.15) is 13.2 Å². The van der Waals surface area contributed by atoms with Crippen LogP contribution in [0.3, 0.4) is 0 Å². The van der Waals surface area contributed by atoms with E-state index in [4.69, 9.17) is 26.4 Å². The summed E-state index contributed by atoms with van der Waals surface area (Å²) in [4.78, 5) is 32.7. The molecule has 3 aromatic rings. The molecule has 0 bridgehead atoms. The van der Waals surface area contributed by atoms with Gasteiger partial charge in [0, 0.05) is 37.3 Å². The summed E-state index contributed by atoms with van der Waals surface area (Å²) in [6, 6.07) is 8.50. The Bertz CT molecular complexity index is 1350. The van der Waals surface area contributed by atoms with E-state index in [1.54, 1.807) is 20.9 Å². The van der Waals surface area contributed by atoms with E-state index < -0.39 is 18.9 Å². The van der Waals surface area contributed by atoms with Crippen LogP contribution in [0.5, 0.6) is 5.75 Å². The molecule has 1 saturated heterocycles. The lowest BCUT2D eigenvalue weighted by Crippen LogP contribution is -2.34. The molecule has 0 radical (unpaired) electrons. The van der Waals surface area contributed by atoms with E-state index in [9.17, 15) is 22.8 Å². The third-order valence-electron chi connectivity index (χ3n) is 5.98. The minimum Gasteiger partial charge on any atom is -0.484 e. The number of nitrogens with one attached hydrogen (secondary N) is 1. The number of carbonyl (C=O) groups is 2. The van der Waals surface area contributed by atoms with Crippen molar-refractivity contribution < 1.29 is 41.7 Å². The van der Waals surface area contributed by atoms with Crippen molar-refractivity contribution in [3.63, 3.8) is 0 Å². The molecule has 40 heavy (non-hydrogen) atoms. The number of benzene rings is 1. The van der Waals surface area contributed by atoms with Crippen molar-refractivity contribution in [2.24, 2.45) is 0 Å². The van der Waals surface area contributed by atoms with Gasteiger partial charge in [0.05, 0.1) is 30.8 Å². The van der Waals surface area contributed by atoms with Crippen molar-refractivity contribution in [3.05, 3.63) is 52.6 Å². The number of aromatic amines is 1. The number of pyridine rings is 1. The van der Waals surface area contributed by atoms with Crippen LogP contribution < -0.4 is 4.74 Å². The summed E-state index contributed by atoms with van der Waals surface area (Å²) >= 11 is 5.24. The summed E-state index contributed by atoms with van der Waals surface area (Å²) in [5.74, 6) is 0.231. The Hall–Kier alpha value is -3.65. The highest BCUT2D eigenvalue weighted by molar-refractivity contribution is 7.71. The quantitative estimate of drug-likeness (QED) is 0.296. The predicted octanol–water partition coefficient (Wildman–Crippen LogP) is 5.57. The van der Waals surface area contributed by atoms with E-state index in [0.717, 1.165) is 5.52 Å². The number of rotatable bonds is 6. The van der Waals surface area contributed by atoms with Crippen LogP contribution in [0, 0.1) is 18.6 Å². The monoisotopic (exact) mass is 584 g/mol. The number of hydrogen-bond donors (Lipinski definition) is 1. The van der Waals surface area contributed by atoms with Crippen LogP contribution in [0.4, 0.5) is 22.8 Å². The second kappa shape index (κ2) is 14.1. The molecule has 1 fully saturated rings. The highest BCUT2D eigenvalue weighted by Gasteiger charge is 2.28. The molecule has 10 nitrogen and oxygen atoms in total. The number of halogens is 3. The zero-order chi connectivity index (χ0) is 29.3. The number of likely N-dealkylation sites (N-methyl/N-ethyl adjacent to an activating group) is 1. The number of nitrogens with zero attached hydrogens (tertiary/aromatic N) is 3. The first-order chi connectivity index (χ1) is 19.0. The molecule has 4 rings (SSSR count). The van der Waals surface area contributed by atoms with Gasteiger partial charge in [-0.1, -0.05) is 12.1 Å². The van der Waals surface area contributed by atoms with E-state index in [1.807, 2.05) is 24.3 Å². The first-order valence-corrected chi connectivity index (χ1v) is 12.8. The number of alkyl halides is 3. The molecule has 0 spiro atoms. The van der Waals surface area contributed by atoms with E-state index in [2.05, 4.69) is 14.7 Å². The lowest BCUT2D eigenvalue weighted by molar-refractivity contribution is -0.153. The molecule has 2 aromatic heterocycles. The summed E-state index contributed by atoms with van der Waals surface area (Å²) in [6.45, 7) is 3.56. The number of aryl methyl sites for hydroxylation is 1. The second-order valence-electron chi connectivity index (χ2n) is 8.94. The van der Waals surface area contributed by atoms with Gasteiger partial charge in [-0.15, -0.1) is 0 Å². The molecule has 3 heterocycles. The minimum atomic E-state index is -4.30. The molecular formula is C26H31F3N4O6S. The van der Waals surface area contributed by atoms with Crippen molar-refractivity contribution >= 4 is 35.4 Å². The molecule has 218 valence electrons. The lowest BCUT2D eigenvalue weighted by atomic mass is 10.2. The molecule has 1 amide bonds. The van der Waals surface area contributed by atoms with Gasteiger partial charge in [-0.3, -0.25) is 4.98 Å². The highest BCUT2D eigenvalue weighted by atomic mass is 32.1. The normalized spacial score (nSPS) is 13.8. The number of aromatic nitrogens is 3. The Labute approximate surface area is 234 Å². The van der Waals surface area contributed by atoms with E-state index >= 15 is 0 Å². The number of imidazole rings is 1. The van der Waals surface area contributed by atoms with Gasteiger partial charge >= 0.3 is 18.4 Å². The Morgan fingerprint density at radius 1 is 1.20 bits per heavy atom. The lowest BCUT2D eigenvalue weighted by Gasteiger charge is -2.22. The molecule has 14 heteroatoms. The molecule has 0 unspecified atom stereocenters. The summed E-state index contributed by atoms with van der Waals surface area (Å²) in [7, 11) is 1.62. The van der Waals surface area contributed by atoms with E-state index in [-0.39, 0.29) is 31.0 Å². The first-order valence-electron chi connectivity index (χ1n) is 12.4. The van der Waals surface area contributed by atoms with Crippen LogP contribution in [-0.4, -0.2) is 83.9 Å². The molecule has 0 atom stereocenters. The Morgan fingerprint density at radius 3 is 2.60 bits per heavy atom. The summed E-state index contributed by atoms with van der Waals surface area (Å²) in [5, 5.41) is 0. The number of para-hydroxylation sites is 2. The van der Waals surface area contributed by atoms with Crippen molar-refractivity contribution in [1.29, 1.82) is 0 Å². The highest BCUT2D eigenvalue weighted by Crippen LogP contribution is 2.22. The van der Waals surface area contributed by atoms with Gasteiger partial charge in [0.15, 0.2) is 11.4 Å². The molecule has 1 N–H and O–H groups in total. The fourth-order valence-electron chi connectivity index (χ4n) is 3.67. The fourth-order valence-corrected chi connectivity index (χ4v) is 3.96. The van der Waals surface area contributed by atoms with Gasteiger partial charge in [0.1, 0.15) is 18.5 Å². The van der Waals surface area contributed by atoms with Crippen LogP contribution >= 0.6 is 12.2 Å². The third kappa shape index (κ3) is 8.95. The third-order valence-corrected chi connectivity index (χ3v) is 6.27. The zero-order valence-electron chi connectivity index (χ0n) is 22.3. The molecular weight excluding hydrogens is 553 g/mol. The maximum Gasteiger partial charge on any atom is 0.508 e. The average Bonchev–Trinajstić information content (AvgIpc) is 3.25. The largest absolute Gasteiger partial charge is 0.508 e. The Kier molecular flexibility index (Phi) is 10.9. The fraction of sp³-hybridized carbons (Fsp3) is 0.462. The van der Waals surface area contributed by atoms with E-state index in [1.165, 1.54) is 21.7 Å². The summed E-state index contributed by atoms with van der Waals surface area (Å²) in [6.07, 6.45) is -2.42. The zero-order valence-corrected chi connectivity index (χ0v) is 23.1. The number of H-pyrrole nitrogens is 1. The van der Waals surface area contributed by atoms with Gasteiger partial charge in [-0.05, 0) is 44.3 Å². The van der Waals surface area contributed by atoms with Crippen LogP contribution in [-0.2, 0) is 14.2 Å². The number of fused-ring (bicyclic) bond motifs is 1. The van der Waals surface area contributed by atoms with Crippen molar-refractivity contribution in [3.8, 4) is 5.75 Å². The molecule has 0 aliphatic carbocycles. The smallest absolute Gasteiger partial charge is 0.484 e. The SMILES string of the molecule is CN(CCOC(=O)OC1CCOCC1)C(=O)n1c(=S)[nH]c2ccccc21.Cc1nccc(OCC(F)(F)F)c1C. The van der Waals surface area contributed by atoms with Crippen molar-refractivity contribution in [2.75, 3.05) is 40.0 Å². The van der Waals surface area contributed by atoms with Gasteiger partial charge < -0.3 is 28.8 Å². The van der Waals surface area contributed by atoms with Gasteiger partial charge in [-0.25, -0.2) is 14.2 Å². The van der Waals surface area contributed by atoms with Crippen LogP contribution in [0.25, 0.3) is 11.0 Å². The standard InChI is InChI=1S/C17H21N3O5S.C9H10F3NO/c1-19(8-11-24-17(22)25-12-6-9-23-10-7-12)16(21)20-14-5-3-2-4-13(14)18-15(20)26;1-6-7(2)13-4-3-8(6)14-5-9(10,11)12/h2-5,12H,6-11H2,1H3,(H,18,26);3-4H,5H2,1-2H3. The summed E-state index contributed by atoms with van der Waals surface area (Å²) < 4.78 is 57.3. The Morgan fingerprint density at radius 2 is 1.90 bits per heavy atom. The van der Waals surface area contributed by atoms with Crippen LogP contribution in [0.1, 0.15) is 24.1 Å². The molecule has 1 aromatic carbocycles. The molecule has 1 aliphatic rings. The second-order valence-corrected chi connectivity index (χ2v) is 9.32. The van der Waals surface area contributed by atoms with Crippen molar-refractivity contribution in [1.82, 2.24) is 19.4 Å². The first kappa shape index (κ1) is 30.9. The Balaban J connectivity index is 0.000000267. The predicted molar refractivity (Wildman–Crippen MR) is 142 cm³/mol. The van der Waals surface area contributed by atoms with Crippen molar-refractivity contribution in [2.45, 2.75) is 39.0 Å². The molecule has 1 aliphatic heterocycles. The number of carbonyl (C=O) groups excluding carboxylic acids is 2. The van der Waals surface area contributed by atoms with Crippen LogP contribution in [0.15, 0.2) is 36.5 Å². The maximum atomic E-state index is 12.6. The van der Waals surface area contributed by atoms with Crippen LogP contribution in [0.2, 0.25) is 0 Å². The number of hydrogen-bond acceptors (Lipinski definition) is 8. The van der Waals surface area contributed by atoms with Gasteiger partial charge in [0.25, 0.3) is 0 Å². The summed E-state index contributed by atoms with van der Waals surface area (Å²) in [5.41, 5.74) is 2.80. The average molecular weight is 585 g/mol. The topological polar surface area (TPSA) is 108 Å². The number of ether oxygens (including phenoxy) is 4. The maximum absolute atomic E-state index is 12.6. The molecule has 0 saturated carbocycles. The minimum absolute atomic E-state index is 0.0416. The van der Waals surface area contributed by atoms with E-state index in [0.29, 0.717) is 47.6 Å². The van der Waals surface area contributed by atoms with Gasteiger partial charge in [0.2, 0.25) is 0 Å².